The van der Waals surface area contributed by atoms with E-state index in [0.29, 0.717) is 17.5 Å². The number of hydrogen-bond donors (Lipinski definition) is 0. The van der Waals surface area contributed by atoms with Gasteiger partial charge in [-0.05, 0) is 27.7 Å². The smallest absolute Gasteiger partial charge is 0.376 e. The maximum absolute atomic E-state index is 11.8. The first-order valence-electron chi connectivity index (χ1n) is 6.05. The lowest BCUT2D eigenvalue weighted by Gasteiger charge is -2.13. The molecule has 0 amide bonds. The quantitative estimate of drug-likeness (QED) is 0.781. The molecule has 2 rings (SSSR count). The number of rotatable bonds is 4. The molecule has 1 unspecified atom stereocenters. The van der Waals surface area contributed by atoms with E-state index >= 15 is 0 Å². The van der Waals surface area contributed by atoms with Crippen LogP contribution in [0.15, 0.2) is 10.6 Å². The van der Waals surface area contributed by atoms with Crippen LogP contribution in [-0.2, 0) is 4.74 Å². The number of esters is 1. The van der Waals surface area contributed by atoms with E-state index < -0.39 is 5.97 Å². The number of aryl methyl sites for hydroxylation is 2. The lowest BCUT2D eigenvalue weighted by Crippen LogP contribution is -2.18. The molecule has 7 nitrogen and oxygen atoms in total. The molecular formula is C12H16N4O3. The van der Waals surface area contributed by atoms with E-state index in [9.17, 15) is 4.79 Å². The summed E-state index contributed by atoms with van der Waals surface area (Å²) in [7, 11) is 0. The van der Waals surface area contributed by atoms with Gasteiger partial charge in [-0.25, -0.2) is 9.78 Å². The van der Waals surface area contributed by atoms with Gasteiger partial charge in [0.1, 0.15) is 17.6 Å². The number of hydrogen-bond acceptors (Lipinski definition) is 6. The molecule has 0 aromatic carbocycles. The number of aromatic nitrogens is 4. The summed E-state index contributed by atoms with van der Waals surface area (Å²) in [6.07, 6.45) is 1.63. The van der Waals surface area contributed by atoms with E-state index in [-0.39, 0.29) is 18.5 Å². The summed E-state index contributed by atoms with van der Waals surface area (Å²) in [5, 5.41) is 7.77. The molecule has 0 aliphatic carbocycles. The van der Waals surface area contributed by atoms with Gasteiger partial charge in [-0.3, -0.25) is 4.57 Å². The molecule has 102 valence electrons. The zero-order valence-corrected chi connectivity index (χ0v) is 11.4. The standard InChI is InChI=1S/C12H16N4O3/c1-5-18-12(17)10-15-14-9(4)16(10)8(3)11-13-6-7(2)19-11/h6,8H,5H2,1-4H3. The van der Waals surface area contributed by atoms with Gasteiger partial charge in [0.15, 0.2) is 0 Å². The summed E-state index contributed by atoms with van der Waals surface area (Å²) >= 11 is 0. The molecule has 0 saturated carbocycles. The van der Waals surface area contributed by atoms with E-state index in [1.165, 1.54) is 0 Å². The van der Waals surface area contributed by atoms with Crippen LogP contribution in [0.25, 0.3) is 0 Å². The third-order valence-corrected chi connectivity index (χ3v) is 2.71. The van der Waals surface area contributed by atoms with Crippen LogP contribution in [0.2, 0.25) is 0 Å². The molecule has 0 fully saturated rings. The number of carbonyl (C=O) groups excluding carboxylic acids is 1. The van der Waals surface area contributed by atoms with Crippen LogP contribution in [0.3, 0.4) is 0 Å². The van der Waals surface area contributed by atoms with Crippen LogP contribution in [0.4, 0.5) is 0 Å². The summed E-state index contributed by atoms with van der Waals surface area (Å²) in [6.45, 7) is 7.48. The molecule has 7 heteroatoms. The average Bonchev–Trinajstić information content (AvgIpc) is 2.95. The van der Waals surface area contributed by atoms with Crippen molar-refractivity contribution < 1.29 is 13.9 Å². The van der Waals surface area contributed by atoms with Crippen LogP contribution in [0.5, 0.6) is 0 Å². The Morgan fingerprint density at radius 3 is 2.79 bits per heavy atom. The molecule has 0 saturated heterocycles. The second kappa shape index (κ2) is 5.21. The topological polar surface area (TPSA) is 83.0 Å². The maximum atomic E-state index is 11.8. The monoisotopic (exact) mass is 264 g/mol. The molecule has 2 aromatic rings. The minimum absolute atomic E-state index is 0.155. The van der Waals surface area contributed by atoms with Gasteiger partial charge in [0.25, 0.3) is 0 Å². The summed E-state index contributed by atoms with van der Waals surface area (Å²) in [5.41, 5.74) is 0. The van der Waals surface area contributed by atoms with Crippen molar-refractivity contribution >= 4 is 5.97 Å². The number of nitrogens with zero attached hydrogens (tertiary/aromatic N) is 4. The van der Waals surface area contributed by atoms with Crippen molar-refractivity contribution in [3.8, 4) is 0 Å². The Hall–Kier alpha value is -2.18. The van der Waals surface area contributed by atoms with Crippen LogP contribution in [0, 0.1) is 13.8 Å². The fourth-order valence-corrected chi connectivity index (χ4v) is 1.84. The minimum Gasteiger partial charge on any atom is -0.460 e. The Morgan fingerprint density at radius 2 is 2.21 bits per heavy atom. The normalized spacial score (nSPS) is 12.4. The van der Waals surface area contributed by atoms with E-state index in [1.807, 2.05) is 13.8 Å². The first kappa shape index (κ1) is 13.3. The Bertz CT molecular complexity index is 588. The minimum atomic E-state index is -0.502. The number of oxazole rings is 1. The van der Waals surface area contributed by atoms with Crippen molar-refractivity contribution in [1.29, 1.82) is 0 Å². The van der Waals surface area contributed by atoms with E-state index in [0.717, 1.165) is 0 Å². The number of ether oxygens (including phenoxy) is 1. The van der Waals surface area contributed by atoms with Gasteiger partial charge in [0.2, 0.25) is 11.7 Å². The van der Waals surface area contributed by atoms with Gasteiger partial charge < -0.3 is 9.15 Å². The van der Waals surface area contributed by atoms with Crippen LogP contribution in [0.1, 0.15) is 48.0 Å². The fourth-order valence-electron chi connectivity index (χ4n) is 1.84. The summed E-state index contributed by atoms with van der Waals surface area (Å²) in [4.78, 5) is 16.0. The lowest BCUT2D eigenvalue weighted by molar-refractivity contribution is 0.0503. The third-order valence-electron chi connectivity index (χ3n) is 2.71. The molecule has 0 radical (unpaired) electrons. The Kier molecular flexibility index (Phi) is 3.64. The zero-order valence-electron chi connectivity index (χ0n) is 11.4. The average molecular weight is 264 g/mol. The molecular weight excluding hydrogens is 248 g/mol. The highest BCUT2D eigenvalue weighted by atomic mass is 16.5. The van der Waals surface area contributed by atoms with Crippen LogP contribution < -0.4 is 0 Å². The Balaban J connectivity index is 2.38. The van der Waals surface area contributed by atoms with Gasteiger partial charge in [0, 0.05) is 0 Å². The van der Waals surface area contributed by atoms with Crippen molar-refractivity contribution in [3.05, 3.63) is 29.5 Å². The summed E-state index contributed by atoms with van der Waals surface area (Å²) in [6, 6.07) is -0.275. The molecule has 2 aromatic heterocycles. The van der Waals surface area contributed by atoms with Gasteiger partial charge in [-0.15, -0.1) is 10.2 Å². The third kappa shape index (κ3) is 2.49. The van der Waals surface area contributed by atoms with E-state index in [4.69, 9.17) is 9.15 Å². The highest BCUT2D eigenvalue weighted by molar-refractivity contribution is 5.85. The molecule has 0 aliphatic rings. The fraction of sp³-hybridized carbons (Fsp3) is 0.500. The SMILES string of the molecule is CCOC(=O)c1nnc(C)n1C(C)c1ncc(C)o1. The van der Waals surface area contributed by atoms with Gasteiger partial charge in [0.05, 0.1) is 12.8 Å². The predicted octanol–water partition coefficient (Wildman–Crippen LogP) is 1.67. The van der Waals surface area contributed by atoms with Gasteiger partial charge in [-0.1, -0.05) is 0 Å². The summed E-state index contributed by atoms with van der Waals surface area (Å²) < 4.78 is 12.1. The zero-order chi connectivity index (χ0) is 14.0. The van der Waals surface area contributed by atoms with Crippen molar-refractivity contribution in [2.75, 3.05) is 6.61 Å². The van der Waals surface area contributed by atoms with E-state index in [1.54, 1.807) is 24.6 Å². The highest BCUT2D eigenvalue weighted by Gasteiger charge is 2.25. The first-order valence-corrected chi connectivity index (χ1v) is 6.05. The van der Waals surface area contributed by atoms with Crippen molar-refractivity contribution in [2.24, 2.45) is 0 Å². The molecule has 0 aliphatic heterocycles. The largest absolute Gasteiger partial charge is 0.460 e. The van der Waals surface area contributed by atoms with Crippen molar-refractivity contribution in [1.82, 2.24) is 19.7 Å². The van der Waals surface area contributed by atoms with Gasteiger partial charge >= 0.3 is 5.97 Å². The Labute approximate surface area is 110 Å². The van der Waals surface area contributed by atoms with Crippen LogP contribution in [-0.4, -0.2) is 32.3 Å². The second-order valence-corrected chi connectivity index (χ2v) is 4.15. The predicted molar refractivity (Wildman–Crippen MR) is 65.8 cm³/mol. The lowest BCUT2D eigenvalue weighted by atomic mass is 10.3. The number of carbonyl (C=O) groups is 1. The molecule has 0 spiro atoms. The second-order valence-electron chi connectivity index (χ2n) is 4.15. The van der Waals surface area contributed by atoms with Crippen LogP contribution >= 0.6 is 0 Å². The Morgan fingerprint density at radius 1 is 1.47 bits per heavy atom. The first-order chi connectivity index (χ1) is 9.04. The molecule has 0 bridgehead atoms. The molecule has 0 N–H and O–H groups in total. The highest BCUT2D eigenvalue weighted by Crippen LogP contribution is 2.20. The van der Waals surface area contributed by atoms with Crippen molar-refractivity contribution in [2.45, 2.75) is 33.7 Å². The maximum Gasteiger partial charge on any atom is 0.376 e. The molecule has 19 heavy (non-hydrogen) atoms. The van der Waals surface area contributed by atoms with Crippen molar-refractivity contribution in [3.63, 3.8) is 0 Å². The molecule has 1 atom stereocenters. The van der Waals surface area contributed by atoms with Gasteiger partial charge in [-0.2, -0.15) is 0 Å². The summed E-state index contributed by atoms with van der Waals surface area (Å²) in [5.74, 6) is 1.48. The molecule has 2 heterocycles. The van der Waals surface area contributed by atoms with E-state index in [2.05, 4.69) is 15.2 Å².